The standard InChI is InChI=1S/C18H26N4OS/c1-3-6-21(2)11-15-12-22-7-4-14(15)9-17(22)10-19-18(23)20-16-5-8-24-13-16/h1,5,8,13-15,17H,4,6-7,9-12H2,2H3,(H2,19,20,23)/t14-,15+,17+/m0/s1. The Labute approximate surface area is 148 Å². The number of urea groups is 1. The summed E-state index contributed by atoms with van der Waals surface area (Å²) in [5, 5.41) is 9.79. The molecule has 1 aromatic rings. The van der Waals surface area contributed by atoms with Crippen LogP contribution < -0.4 is 10.6 Å². The molecular weight excluding hydrogens is 320 g/mol. The number of terminal acetylenes is 1. The molecule has 0 aliphatic carbocycles. The van der Waals surface area contributed by atoms with Crippen molar-refractivity contribution in [2.45, 2.75) is 18.9 Å². The molecule has 2 bridgehead atoms. The highest BCUT2D eigenvalue weighted by atomic mass is 32.1. The maximum Gasteiger partial charge on any atom is 0.319 e. The molecular formula is C18H26N4OS. The Bertz CT molecular complexity index is 582. The molecule has 6 heteroatoms. The monoisotopic (exact) mass is 346 g/mol. The first-order valence-electron chi connectivity index (χ1n) is 8.59. The third-order valence-corrected chi connectivity index (χ3v) is 5.88. The summed E-state index contributed by atoms with van der Waals surface area (Å²) in [5.41, 5.74) is 0.861. The van der Waals surface area contributed by atoms with E-state index in [0.29, 0.717) is 12.0 Å². The molecule has 3 aliphatic heterocycles. The van der Waals surface area contributed by atoms with Crippen molar-refractivity contribution in [2.24, 2.45) is 11.8 Å². The van der Waals surface area contributed by atoms with Crippen LogP contribution in [0.15, 0.2) is 16.8 Å². The number of hydrogen-bond donors (Lipinski definition) is 2. The first-order chi connectivity index (χ1) is 11.7. The summed E-state index contributed by atoms with van der Waals surface area (Å²) in [7, 11) is 2.10. The Morgan fingerprint density at radius 2 is 2.46 bits per heavy atom. The number of hydrogen-bond acceptors (Lipinski definition) is 4. The number of rotatable bonds is 6. The lowest BCUT2D eigenvalue weighted by molar-refractivity contribution is -0.00692. The Hall–Kier alpha value is -1.55. The van der Waals surface area contributed by atoms with E-state index in [-0.39, 0.29) is 6.03 Å². The summed E-state index contributed by atoms with van der Waals surface area (Å²) in [6.07, 6.45) is 7.85. The number of thiophene rings is 1. The number of piperidine rings is 3. The second-order valence-corrected chi connectivity index (χ2v) is 7.72. The molecule has 2 amide bonds. The molecule has 4 rings (SSSR count). The smallest absolute Gasteiger partial charge is 0.319 e. The molecule has 4 heterocycles. The predicted octanol–water partition coefficient (Wildman–Crippen LogP) is 2.14. The van der Waals surface area contributed by atoms with Gasteiger partial charge in [-0.3, -0.25) is 9.80 Å². The molecule has 0 radical (unpaired) electrons. The molecule has 130 valence electrons. The maximum atomic E-state index is 12.0. The van der Waals surface area contributed by atoms with Crippen LogP contribution in [-0.2, 0) is 0 Å². The quantitative estimate of drug-likeness (QED) is 0.776. The van der Waals surface area contributed by atoms with Crippen molar-refractivity contribution < 1.29 is 4.79 Å². The summed E-state index contributed by atoms with van der Waals surface area (Å²) in [4.78, 5) is 16.8. The summed E-state index contributed by atoms with van der Waals surface area (Å²) in [5.74, 6) is 4.17. The molecule has 3 fully saturated rings. The molecule has 4 atom stereocenters. The van der Waals surface area contributed by atoms with Crippen LogP contribution in [0.1, 0.15) is 12.8 Å². The molecule has 1 unspecified atom stereocenters. The van der Waals surface area contributed by atoms with Gasteiger partial charge in [0.25, 0.3) is 0 Å². The van der Waals surface area contributed by atoms with Gasteiger partial charge in [0.15, 0.2) is 0 Å². The molecule has 0 spiro atoms. The zero-order valence-electron chi connectivity index (χ0n) is 14.2. The third kappa shape index (κ3) is 4.29. The molecule has 0 aromatic carbocycles. The Kier molecular flexibility index (Phi) is 5.77. The van der Waals surface area contributed by atoms with Gasteiger partial charge in [0.05, 0.1) is 12.2 Å². The number of nitrogens with zero attached hydrogens (tertiary/aromatic N) is 2. The van der Waals surface area contributed by atoms with E-state index in [1.807, 2.05) is 16.8 Å². The second-order valence-electron chi connectivity index (χ2n) is 6.94. The van der Waals surface area contributed by atoms with Crippen molar-refractivity contribution >= 4 is 23.1 Å². The topological polar surface area (TPSA) is 47.6 Å². The van der Waals surface area contributed by atoms with E-state index >= 15 is 0 Å². The number of fused-ring (bicyclic) bond motifs is 3. The first-order valence-corrected chi connectivity index (χ1v) is 9.53. The third-order valence-electron chi connectivity index (χ3n) is 5.20. The maximum absolute atomic E-state index is 12.0. The number of carbonyl (C=O) groups excluding carboxylic acids is 1. The highest BCUT2D eigenvalue weighted by Gasteiger charge is 2.40. The van der Waals surface area contributed by atoms with Crippen molar-refractivity contribution in [3.05, 3.63) is 16.8 Å². The van der Waals surface area contributed by atoms with Crippen LogP contribution in [0.25, 0.3) is 0 Å². The summed E-state index contributed by atoms with van der Waals surface area (Å²) >= 11 is 1.58. The molecule has 5 nitrogen and oxygen atoms in total. The van der Waals surface area contributed by atoms with E-state index < -0.39 is 0 Å². The van der Waals surface area contributed by atoms with Gasteiger partial charge < -0.3 is 10.6 Å². The van der Waals surface area contributed by atoms with Crippen molar-refractivity contribution in [1.82, 2.24) is 15.1 Å². The number of nitrogens with one attached hydrogen (secondary N) is 2. The van der Waals surface area contributed by atoms with Crippen LogP contribution in [-0.4, -0.2) is 61.6 Å². The van der Waals surface area contributed by atoms with Gasteiger partial charge in [0.1, 0.15) is 0 Å². The van der Waals surface area contributed by atoms with Crippen molar-refractivity contribution in [2.75, 3.05) is 45.1 Å². The molecule has 2 N–H and O–H groups in total. The second kappa shape index (κ2) is 8.02. The lowest BCUT2D eigenvalue weighted by Gasteiger charge is -2.50. The van der Waals surface area contributed by atoms with E-state index in [2.05, 4.69) is 33.4 Å². The lowest BCUT2D eigenvalue weighted by atomic mass is 9.75. The van der Waals surface area contributed by atoms with Crippen LogP contribution in [0.2, 0.25) is 0 Å². The van der Waals surface area contributed by atoms with Crippen LogP contribution in [0.5, 0.6) is 0 Å². The van der Waals surface area contributed by atoms with Gasteiger partial charge in [-0.15, -0.1) is 6.42 Å². The normalized spacial score (nSPS) is 28.5. The van der Waals surface area contributed by atoms with Gasteiger partial charge in [0, 0.05) is 31.1 Å². The van der Waals surface area contributed by atoms with Crippen LogP contribution in [0.4, 0.5) is 10.5 Å². The van der Waals surface area contributed by atoms with Crippen molar-refractivity contribution in [1.29, 1.82) is 0 Å². The molecule has 24 heavy (non-hydrogen) atoms. The number of carbonyl (C=O) groups is 1. The zero-order valence-corrected chi connectivity index (χ0v) is 15.0. The minimum absolute atomic E-state index is 0.110. The largest absolute Gasteiger partial charge is 0.336 e. The predicted molar refractivity (Wildman–Crippen MR) is 99.2 cm³/mol. The van der Waals surface area contributed by atoms with Crippen LogP contribution >= 0.6 is 11.3 Å². The lowest BCUT2D eigenvalue weighted by Crippen LogP contribution is -2.58. The fourth-order valence-corrected chi connectivity index (χ4v) is 4.60. The molecule has 3 saturated heterocycles. The van der Waals surface area contributed by atoms with E-state index in [0.717, 1.165) is 44.3 Å². The van der Waals surface area contributed by atoms with E-state index in [1.165, 1.54) is 12.8 Å². The summed E-state index contributed by atoms with van der Waals surface area (Å²) < 4.78 is 0. The molecule has 1 aromatic heterocycles. The van der Waals surface area contributed by atoms with Gasteiger partial charge in [-0.1, -0.05) is 5.92 Å². The minimum Gasteiger partial charge on any atom is -0.336 e. The SMILES string of the molecule is C#CCN(C)C[C@@H]1CN2CC[C@H]1C[C@@H]2CNC(=O)Nc1ccsc1. The van der Waals surface area contributed by atoms with Crippen LogP contribution in [0.3, 0.4) is 0 Å². The van der Waals surface area contributed by atoms with Gasteiger partial charge in [-0.2, -0.15) is 11.3 Å². The average Bonchev–Trinajstić information content (AvgIpc) is 3.07. The van der Waals surface area contributed by atoms with Crippen molar-refractivity contribution in [3.63, 3.8) is 0 Å². The minimum atomic E-state index is -0.110. The summed E-state index contributed by atoms with van der Waals surface area (Å²) in [6.45, 7) is 4.79. The average molecular weight is 346 g/mol. The summed E-state index contributed by atoms with van der Waals surface area (Å²) in [6, 6.07) is 2.26. The molecule has 0 saturated carbocycles. The fourth-order valence-electron chi connectivity index (χ4n) is 4.01. The number of amides is 2. The zero-order chi connectivity index (χ0) is 16.9. The highest BCUT2D eigenvalue weighted by molar-refractivity contribution is 7.08. The first kappa shape index (κ1) is 17.3. The fraction of sp³-hybridized carbons (Fsp3) is 0.611. The molecule has 3 aliphatic rings. The Morgan fingerprint density at radius 1 is 1.58 bits per heavy atom. The number of anilines is 1. The Morgan fingerprint density at radius 3 is 3.12 bits per heavy atom. The van der Waals surface area contributed by atoms with E-state index in [9.17, 15) is 4.79 Å². The van der Waals surface area contributed by atoms with Gasteiger partial charge in [0.2, 0.25) is 0 Å². The van der Waals surface area contributed by atoms with E-state index in [1.54, 1.807) is 11.3 Å². The Balaban J connectivity index is 1.44. The van der Waals surface area contributed by atoms with E-state index in [4.69, 9.17) is 6.42 Å². The van der Waals surface area contributed by atoms with Gasteiger partial charge in [-0.05, 0) is 49.7 Å². The van der Waals surface area contributed by atoms with Gasteiger partial charge >= 0.3 is 6.03 Å². The van der Waals surface area contributed by atoms with Crippen molar-refractivity contribution in [3.8, 4) is 12.3 Å². The highest BCUT2D eigenvalue weighted by Crippen LogP contribution is 2.36. The van der Waals surface area contributed by atoms with Crippen LogP contribution in [0, 0.1) is 24.2 Å². The van der Waals surface area contributed by atoms with Gasteiger partial charge in [-0.25, -0.2) is 4.79 Å².